The number of rotatable bonds is 1. The van der Waals surface area contributed by atoms with Crippen molar-refractivity contribution >= 4 is 11.6 Å². The number of hydrogen-bond donors (Lipinski definition) is 1. The Kier molecular flexibility index (Phi) is 3.77. The van der Waals surface area contributed by atoms with Crippen molar-refractivity contribution in [3.05, 3.63) is 65.2 Å². The Bertz CT molecular complexity index is 836. The zero-order chi connectivity index (χ0) is 17.6. The second kappa shape index (κ2) is 6.15. The summed E-state index contributed by atoms with van der Waals surface area (Å²) in [4.78, 5) is 15.2. The molecule has 0 bridgehead atoms. The molecule has 26 heavy (non-hydrogen) atoms. The van der Waals surface area contributed by atoms with Crippen LogP contribution in [0.4, 0.5) is 5.69 Å². The summed E-state index contributed by atoms with van der Waals surface area (Å²) in [5.74, 6) is 0.590. The smallest absolute Gasteiger partial charge is 0.225 e. The van der Waals surface area contributed by atoms with Crippen LogP contribution in [0.15, 0.2) is 48.5 Å². The van der Waals surface area contributed by atoms with Gasteiger partial charge in [0.05, 0.1) is 0 Å². The molecule has 2 aliphatic heterocycles. The molecule has 2 aromatic rings. The molecule has 1 saturated carbocycles. The van der Waals surface area contributed by atoms with Crippen LogP contribution < -0.4 is 5.32 Å². The van der Waals surface area contributed by atoms with Gasteiger partial charge in [-0.05, 0) is 54.9 Å². The zero-order valence-electron chi connectivity index (χ0n) is 15.2. The second-order valence-corrected chi connectivity index (χ2v) is 8.23. The lowest BCUT2D eigenvalue weighted by molar-refractivity contribution is -0.137. The molecule has 0 atom stereocenters. The van der Waals surface area contributed by atoms with Gasteiger partial charge in [0.25, 0.3) is 0 Å². The molecule has 1 aliphatic carbocycles. The maximum atomic E-state index is 13.1. The third-order valence-electron chi connectivity index (χ3n) is 6.85. The molecule has 1 N–H and O–H groups in total. The molecular weight excluding hydrogens is 320 g/mol. The molecule has 0 saturated heterocycles. The van der Waals surface area contributed by atoms with Gasteiger partial charge in [-0.3, -0.25) is 4.79 Å². The summed E-state index contributed by atoms with van der Waals surface area (Å²) in [6.45, 7) is 2.70. The first kappa shape index (κ1) is 15.9. The van der Waals surface area contributed by atoms with E-state index in [-0.39, 0.29) is 11.3 Å². The van der Waals surface area contributed by atoms with Crippen molar-refractivity contribution in [2.75, 3.05) is 18.4 Å². The molecule has 1 amide bonds. The van der Waals surface area contributed by atoms with Crippen molar-refractivity contribution in [3.63, 3.8) is 0 Å². The monoisotopic (exact) mass is 346 g/mol. The predicted molar refractivity (Wildman–Crippen MR) is 104 cm³/mol. The summed E-state index contributed by atoms with van der Waals surface area (Å²) < 4.78 is 0. The highest BCUT2D eigenvalue weighted by molar-refractivity contribution is 5.79. The van der Waals surface area contributed by atoms with E-state index in [1.54, 1.807) is 0 Å². The number of carbonyl (C=O) groups excluding carboxylic acids is 1. The van der Waals surface area contributed by atoms with Gasteiger partial charge in [0.2, 0.25) is 5.91 Å². The molecule has 5 rings (SSSR count). The third-order valence-corrected chi connectivity index (χ3v) is 6.85. The van der Waals surface area contributed by atoms with E-state index in [1.165, 1.54) is 22.4 Å². The molecule has 2 aromatic carbocycles. The Hall–Kier alpha value is -2.29. The first-order valence-corrected chi connectivity index (χ1v) is 9.94. The van der Waals surface area contributed by atoms with Crippen molar-refractivity contribution in [1.82, 2.24) is 4.90 Å². The first-order valence-electron chi connectivity index (χ1n) is 9.94. The van der Waals surface area contributed by atoms with Gasteiger partial charge in [0.15, 0.2) is 0 Å². The van der Waals surface area contributed by atoms with Gasteiger partial charge >= 0.3 is 0 Å². The Labute approximate surface area is 155 Å². The van der Waals surface area contributed by atoms with Crippen molar-refractivity contribution in [3.8, 4) is 0 Å². The van der Waals surface area contributed by atoms with E-state index in [1.807, 2.05) is 0 Å². The van der Waals surface area contributed by atoms with Crippen LogP contribution in [0.3, 0.4) is 0 Å². The average molecular weight is 346 g/mol. The summed E-state index contributed by atoms with van der Waals surface area (Å²) in [7, 11) is 0. The Morgan fingerprint density at radius 3 is 2.58 bits per heavy atom. The first-order chi connectivity index (χ1) is 12.8. The lowest BCUT2D eigenvalue weighted by Gasteiger charge is -2.39. The number of hydrogen-bond acceptors (Lipinski definition) is 2. The zero-order valence-corrected chi connectivity index (χ0v) is 15.2. The molecule has 0 unspecified atom stereocenters. The van der Waals surface area contributed by atoms with Crippen molar-refractivity contribution in [1.29, 1.82) is 0 Å². The highest BCUT2D eigenvalue weighted by atomic mass is 16.2. The topological polar surface area (TPSA) is 32.3 Å². The Morgan fingerprint density at radius 1 is 1.00 bits per heavy atom. The minimum absolute atomic E-state index is 0.207. The number of amides is 1. The fourth-order valence-electron chi connectivity index (χ4n) is 5.26. The fraction of sp³-hybridized carbons (Fsp3) is 0.435. The molecule has 2 heterocycles. The molecular formula is C23H26N2O. The van der Waals surface area contributed by atoms with Crippen LogP contribution in [0, 0.1) is 5.92 Å². The van der Waals surface area contributed by atoms with Gasteiger partial charge in [-0.1, -0.05) is 42.5 Å². The van der Waals surface area contributed by atoms with Crippen LogP contribution in [-0.2, 0) is 23.2 Å². The minimum atomic E-state index is 0.207. The van der Waals surface area contributed by atoms with E-state index < -0.39 is 0 Å². The quantitative estimate of drug-likeness (QED) is 0.842. The maximum Gasteiger partial charge on any atom is 0.225 e. The predicted octanol–water partition coefficient (Wildman–Crippen LogP) is 4.13. The van der Waals surface area contributed by atoms with Gasteiger partial charge in [-0.15, -0.1) is 0 Å². The molecule has 0 radical (unpaired) electrons. The SMILES string of the molecule is O=C(C1CCC2(CC1)CNc1ccccc12)N1CCc2ccccc2C1. The van der Waals surface area contributed by atoms with Crippen LogP contribution in [0.2, 0.25) is 0 Å². The van der Waals surface area contributed by atoms with Crippen molar-refractivity contribution in [2.45, 2.75) is 44.1 Å². The van der Waals surface area contributed by atoms with E-state index in [0.717, 1.165) is 51.7 Å². The van der Waals surface area contributed by atoms with Gasteiger partial charge in [0.1, 0.15) is 0 Å². The van der Waals surface area contributed by atoms with Gasteiger partial charge in [-0.2, -0.15) is 0 Å². The lowest BCUT2D eigenvalue weighted by Crippen LogP contribution is -2.43. The summed E-state index contributed by atoms with van der Waals surface area (Å²) >= 11 is 0. The molecule has 3 heteroatoms. The highest BCUT2D eigenvalue weighted by Gasteiger charge is 2.43. The minimum Gasteiger partial charge on any atom is -0.384 e. The van der Waals surface area contributed by atoms with Crippen LogP contribution in [0.25, 0.3) is 0 Å². The summed E-state index contributed by atoms with van der Waals surface area (Å²) in [5.41, 5.74) is 5.76. The highest BCUT2D eigenvalue weighted by Crippen LogP contribution is 2.48. The second-order valence-electron chi connectivity index (χ2n) is 8.23. The molecule has 0 aromatic heterocycles. The number of fused-ring (bicyclic) bond motifs is 3. The Morgan fingerprint density at radius 2 is 1.73 bits per heavy atom. The number of carbonyl (C=O) groups is 1. The summed E-state index contributed by atoms with van der Waals surface area (Å²) in [6, 6.07) is 17.3. The Balaban J connectivity index is 1.27. The van der Waals surface area contributed by atoms with E-state index >= 15 is 0 Å². The molecule has 1 fully saturated rings. The maximum absolute atomic E-state index is 13.1. The van der Waals surface area contributed by atoms with Gasteiger partial charge in [-0.25, -0.2) is 0 Å². The molecule has 3 nitrogen and oxygen atoms in total. The molecule has 1 spiro atoms. The van der Waals surface area contributed by atoms with E-state index in [2.05, 4.69) is 58.7 Å². The van der Waals surface area contributed by atoms with Crippen LogP contribution in [-0.4, -0.2) is 23.9 Å². The summed E-state index contributed by atoms with van der Waals surface area (Å²) in [5, 5.41) is 3.58. The van der Waals surface area contributed by atoms with E-state index in [9.17, 15) is 4.79 Å². The fourth-order valence-corrected chi connectivity index (χ4v) is 5.26. The van der Waals surface area contributed by atoms with Crippen LogP contribution in [0.5, 0.6) is 0 Å². The summed E-state index contributed by atoms with van der Waals surface area (Å²) in [6.07, 6.45) is 5.28. The standard InChI is InChI=1S/C23H26N2O/c26-22(25-14-11-17-5-1-2-6-19(17)15-25)18-9-12-23(13-10-18)16-24-21-8-4-3-7-20(21)23/h1-8,18,24H,9-16H2. The van der Waals surface area contributed by atoms with Crippen LogP contribution >= 0.6 is 0 Å². The third kappa shape index (κ3) is 2.53. The van der Waals surface area contributed by atoms with Crippen molar-refractivity contribution < 1.29 is 4.79 Å². The largest absolute Gasteiger partial charge is 0.384 e. The van der Waals surface area contributed by atoms with Crippen LogP contribution in [0.1, 0.15) is 42.4 Å². The number of benzene rings is 2. The number of anilines is 1. The van der Waals surface area contributed by atoms with E-state index in [0.29, 0.717) is 5.91 Å². The van der Waals surface area contributed by atoms with Crippen molar-refractivity contribution in [2.24, 2.45) is 5.92 Å². The van der Waals surface area contributed by atoms with Gasteiger partial charge in [0, 0.05) is 36.7 Å². The molecule has 134 valence electrons. The van der Waals surface area contributed by atoms with E-state index in [4.69, 9.17) is 0 Å². The molecule has 3 aliphatic rings. The lowest BCUT2D eigenvalue weighted by atomic mass is 9.67. The average Bonchev–Trinajstić information content (AvgIpc) is 3.06. The number of nitrogens with zero attached hydrogens (tertiary/aromatic N) is 1. The number of nitrogens with one attached hydrogen (secondary N) is 1. The number of para-hydroxylation sites is 1. The van der Waals surface area contributed by atoms with Gasteiger partial charge < -0.3 is 10.2 Å². The normalized spacial score (nSPS) is 26.9.